The van der Waals surface area contributed by atoms with Gasteiger partial charge in [-0.15, -0.1) is 0 Å². The largest absolute Gasteiger partial charge is 0.492 e. The van der Waals surface area contributed by atoms with Gasteiger partial charge in [0.25, 0.3) is 5.91 Å². The van der Waals surface area contributed by atoms with Crippen LogP contribution in [0.25, 0.3) is 0 Å². The van der Waals surface area contributed by atoms with Gasteiger partial charge in [0.1, 0.15) is 5.75 Å². The SMILES string of the molecule is CCCCCCOc1ccc(C(=O)Nc2ccc(N(CC)CC)cc2)cc1Br. The van der Waals surface area contributed by atoms with E-state index in [9.17, 15) is 4.79 Å². The molecule has 28 heavy (non-hydrogen) atoms. The molecule has 2 aromatic carbocycles. The third-order valence-corrected chi connectivity index (χ3v) is 5.32. The van der Waals surface area contributed by atoms with Crippen LogP contribution in [0.2, 0.25) is 0 Å². The molecule has 0 saturated heterocycles. The lowest BCUT2D eigenvalue weighted by atomic mass is 10.2. The molecule has 1 amide bonds. The number of amides is 1. The smallest absolute Gasteiger partial charge is 0.255 e. The van der Waals surface area contributed by atoms with Gasteiger partial charge in [-0.25, -0.2) is 0 Å². The highest BCUT2D eigenvalue weighted by molar-refractivity contribution is 9.10. The lowest BCUT2D eigenvalue weighted by Crippen LogP contribution is -2.21. The first-order chi connectivity index (χ1) is 13.6. The standard InChI is InChI=1S/C23H31BrN2O2/c1-4-7-8-9-16-28-22-15-10-18(17-21(22)24)23(27)25-19-11-13-20(14-12-19)26(5-2)6-3/h10-15,17H,4-9,16H2,1-3H3,(H,25,27). The van der Waals surface area contributed by atoms with Gasteiger partial charge in [0.2, 0.25) is 0 Å². The summed E-state index contributed by atoms with van der Waals surface area (Å²) >= 11 is 3.51. The van der Waals surface area contributed by atoms with Crippen molar-refractivity contribution in [1.29, 1.82) is 0 Å². The molecular formula is C23H31BrN2O2. The zero-order valence-electron chi connectivity index (χ0n) is 17.1. The van der Waals surface area contributed by atoms with Gasteiger partial charge in [-0.05, 0) is 78.7 Å². The fourth-order valence-corrected chi connectivity index (χ4v) is 3.51. The summed E-state index contributed by atoms with van der Waals surface area (Å²) in [5.41, 5.74) is 2.54. The number of nitrogens with zero attached hydrogens (tertiary/aromatic N) is 1. The number of carbonyl (C=O) groups excluding carboxylic acids is 1. The summed E-state index contributed by atoms with van der Waals surface area (Å²) in [6.07, 6.45) is 4.68. The molecule has 0 aromatic heterocycles. The van der Waals surface area contributed by atoms with E-state index in [2.05, 4.69) is 46.9 Å². The molecule has 0 unspecified atom stereocenters. The second-order valence-electron chi connectivity index (χ2n) is 6.73. The van der Waals surface area contributed by atoms with E-state index in [1.165, 1.54) is 19.3 Å². The summed E-state index contributed by atoms with van der Waals surface area (Å²) in [6, 6.07) is 13.4. The van der Waals surface area contributed by atoms with Crippen molar-refractivity contribution in [2.75, 3.05) is 29.9 Å². The topological polar surface area (TPSA) is 41.6 Å². The van der Waals surface area contributed by atoms with E-state index >= 15 is 0 Å². The number of unbranched alkanes of at least 4 members (excludes halogenated alkanes) is 3. The van der Waals surface area contributed by atoms with Crippen LogP contribution in [0.1, 0.15) is 56.8 Å². The Morgan fingerprint density at radius 1 is 1.00 bits per heavy atom. The Kier molecular flexibility index (Phi) is 9.35. The Morgan fingerprint density at radius 3 is 2.32 bits per heavy atom. The molecule has 0 fully saturated rings. The minimum atomic E-state index is -0.134. The van der Waals surface area contributed by atoms with Gasteiger partial charge >= 0.3 is 0 Å². The molecule has 0 saturated carbocycles. The third-order valence-electron chi connectivity index (χ3n) is 4.70. The van der Waals surface area contributed by atoms with Crippen LogP contribution in [0.3, 0.4) is 0 Å². The van der Waals surface area contributed by atoms with Gasteiger partial charge in [0.05, 0.1) is 11.1 Å². The second kappa shape index (κ2) is 11.7. The number of rotatable bonds is 11. The third kappa shape index (κ3) is 6.55. The molecule has 1 N–H and O–H groups in total. The van der Waals surface area contributed by atoms with E-state index in [0.29, 0.717) is 12.2 Å². The van der Waals surface area contributed by atoms with Crippen LogP contribution in [0.5, 0.6) is 5.75 Å². The number of anilines is 2. The van der Waals surface area contributed by atoms with Crippen LogP contribution in [0.15, 0.2) is 46.9 Å². The fourth-order valence-electron chi connectivity index (χ4n) is 3.02. The molecule has 2 rings (SSSR count). The fraction of sp³-hybridized carbons (Fsp3) is 0.435. The lowest BCUT2D eigenvalue weighted by molar-refractivity contribution is 0.102. The molecule has 0 spiro atoms. The number of hydrogen-bond donors (Lipinski definition) is 1. The summed E-state index contributed by atoms with van der Waals surface area (Å²) in [5.74, 6) is 0.641. The highest BCUT2D eigenvalue weighted by Crippen LogP contribution is 2.27. The van der Waals surface area contributed by atoms with E-state index in [4.69, 9.17) is 4.74 Å². The number of ether oxygens (including phenoxy) is 1. The summed E-state index contributed by atoms with van der Waals surface area (Å²) in [6.45, 7) is 9.08. The van der Waals surface area contributed by atoms with E-state index in [-0.39, 0.29) is 5.91 Å². The van der Waals surface area contributed by atoms with E-state index in [1.807, 2.05) is 30.3 Å². The number of nitrogens with one attached hydrogen (secondary N) is 1. The predicted octanol–water partition coefficient (Wildman–Crippen LogP) is 6.51. The molecule has 5 heteroatoms. The van der Waals surface area contributed by atoms with Gasteiger partial charge in [0.15, 0.2) is 0 Å². The minimum Gasteiger partial charge on any atom is -0.492 e. The molecule has 0 atom stereocenters. The molecule has 0 heterocycles. The second-order valence-corrected chi connectivity index (χ2v) is 7.58. The monoisotopic (exact) mass is 446 g/mol. The maximum Gasteiger partial charge on any atom is 0.255 e. The van der Waals surface area contributed by atoms with Gasteiger partial charge in [-0.2, -0.15) is 0 Å². The van der Waals surface area contributed by atoms with Crippen molar-refractivity contribution in [1.82, 2.24) is 0 Å². The molecule has 0 bridgehead atoms. The average Bonchev–Trinajstić information content (AvgIpc) is 2.71. The van der Waals surface area contributed by atoms with Crippen LogP contribution < -0.4 is 15.0 Å². The molecule has 2 aromatic rings. The van der Waals surface area contributed by atoms with Crippen molar-refractivity contribution in [3.05, 3.63) is 52.5 Å². The Hall–Kier alpha value is -2.01. The molecule has 152 valence electrons. The highest BCUT2D eigenvalue weighted by Gasteiger charge is 2.10. The van der Waals surface area contributed by atoms with Crippen molar-refractivity contribution >= 4 is 33.2 Å². The van der Waals surface area contributed by atoms with Crippen molar-refractivity contribution in [3.8, 4) is 5.75 Å². The van der Waals surface area contributed by atoms with Gasteiger partial charge < -0.3 is 15.0 Å². The Bertz CT molecular complexity index is 743. The Balaban J connectivity index is 1.94. The first kappa shape index (κ1) is 22.3. The van der Waals surface area contributed by atoms with Gasteiger partial charge in [0, 0.05) is 30.0 Å². The first-order valence-electron chi connectivity index (χ1n) is 10.2. The molecule has 0 radical (unpaired) electrons. The Morgan fingerprint density at radius 2 is 1.71 bits per heavy atom. The summed E-state index contributed by atoms with van der Waals surface area (Å²) in [4.78, 5) is 14.8. The zero-order chi connectivity index (χ0) is 20.4. The minimum absolute atomic E-state index is 0.134. The lowest BCUT2D eigenvalue weighted by Gasteiger charge is -2.21. The quantitative estimate of drug-likeness (QED) is 0.400. The van der Waals surface area contributed by atoms with Crippen molar-refractivity contribution < 1.29 is 9.53 Å². The number of benzene rings is 2. The van der Waals surface area contributed by atoms with Crippen LogP contribution in [-0.4, -0.2) is 25.6 Å². The summed E-state index contributed by atoms with van der Waals surface area (Å²) in [7, 11) is 0. The number of carbonyl (C=O) groups is 1. The van der Waals surface area contributed by atoms with Crippen LogP contribution >= 0.6 is 15.9 Å². The van der Waals surface area contributed by atoms with Crippen LogP contribution in [0.4, 0.5) is 11.4 Å². The average molecular weight is 447 g/mol. The van der Waals surface area contributed by atoms with E-state index in [0.717, 1.165) is 41.1 Å². The van der Waals surface area contributed by atoms with Crippen LogP contribution in [0, 0.1) is 0 Å². The molecule has 4 nitrogen and oxygen atoms in total. The molecule has 0 aliphatic carbocycles. The van der Waals surface area contributed by atoms with E-state index < -0.39 is 0 Å². The highest BCUT2D eigenvalue weighted by atomic mass is 79.9. The maximum atomic E-state index is 12.6. The van der Waals surface area contributed by atoms with E-state index in [1.54, 1.807) is 12.1 Å². The van der Waals surface area contributed by atoms with Crippen molar-refractivity contribution in [2.45, 2.75) is 46.5 Å². The predicted molar refractivity (Wildman–Crippen MR) is 122 cm³/mol. The van der Waals surface area contributed by atoms with Crippen molar-refractivity contribution in [2.24, 2.45) is 0 Å². The Labute approximate surface area is 177 Å². The van der Waals surface area contributed by atoms with Gasteiger partial charge in [-0.3, -0.25) is 4.79 Å². The van der Waals surface area contributed by atoms with Crippen LogP contribution in [-0.2, 0) is 0 Å². The maximum absolute atomic E-state index is 12.6. The number of halogens is 1. The number of hydrogen-bond acceptors (Lipinski definition) is 3. The van der Waals surface area contributed by atoms with Gasteiger partial charge in [-0.1, -0.05) is 26.2 Å². The summed E-state index contributed by atoms with van der Waals surface area (Å²) < 4.78 is 6.61. The zero-order valence-corrected chi connectivity index (χ0v) is 18.7. The molecule has 0 aliphatic heterocycles. The summed E-state index contributed by atoms with van der Waals surface area (Å²) in [5, 5.41) is 2.95. The first-order valence-corrected chi connectivity index (χ1v) is 11.0. The van der Waals surface area contributed by atoms with Crippen molar-refractivity contribution in [3.63, 3.8) is 0 Å². The molecule has 0 aliphatic rings. The normalized spacial score (nSPS) is 10.6. The molecular weight excluding hydrogens is 416 g/mol.